The van der Waals surface area contributed by atoms with Crippen LogP contribution in [0, 0.1) is 6.92 Å². The van der Waals surface area contributed by atoms with Crippen molar-refractivity contribution < 1.29 is 0 Å². The van der Waals surface area contributed by atoms with Crippen molar-refractivity contribution in [3.05, 3.63) is 34.6 Å². The molecule has 0 radical (unpaired) electrons. The van der Waals surface area contributed by atoms with Gasteiger partial charge in [-0.15, -0.1) is 10.2 Å². The van der Waals surface area contributed by atoms with Crippen molar-refractivity contribution in [1.82, 2.24) is 14.8 Å². The molecule has 86 valence electrons. The van der Waals surface area contributed by atoms with Crippen LogP contribution in [-0.4, -0.2) is 14.8 Å². The number of rotatable bonds is 1. The number of aryl methyl sites for hydroxylation is 1. The number of benzene rings is 1. The predicted octanol–water partition coefficient (Wildman–Crippen LogP) is 3.58. The average Bonchev–Trinajstić information content (AvgIpc) is 2.64. The van der Waals surface area contributed by atoms with Gasteiger partial charge in [-0.05, 0) is 19.1 Å². The van der Waals surface area contributed by atoms with Gasteiger partial charge in [-0.3, -0.25) is 0 Å². The number of halogens is 1. The van der Waals surface area contributed by atoms with E-state index >= 15 is 0 Å². The quantitative estimate of drug-likeness (QED) is 0.800. The van der Waals surface area contributed by atoms with Gasteiger partial charge in [0.25, 0.3) is 0 Å². The Labute approximate surface area is 105 Å². The van der Waals surface area contributed by atoms with E-state index in [1.54, 1.807) is 0 Å². The Kier molecular flexibility index (Phi) is 4.68. The summed E-state index contributed by atoms with van der Waals surface area (Å²) in [7, 11) is 1.96. The molecule has 0 spiro atoms. The minimum atomic E-state index is 0.898. The first-order chi connectivity index (χ1) is 7.68. The van der Waals surface area contributed by atoms with Crippen LogP contribution < -0.4 is 0 Å². The third-order valence-corrected chi connectivity index (χ3v) is 2.72. The highest BCUT2D eigenvalue weighted by molar-refractivity contribution is 9.10. The molecule has 0 aliphatic carbocycles. The summed E-state index contributed by atoms with van der Waals surface area (Å²) < 4.78 is 3.05. The van der Waals surface area contributed by atoms with E-state index in [0.717, 1.165) is 21.7 Å². The molecular formula is C12H16BrN3. The summed E-state index contributed by atoms with van der Waals surface area (Å²) >= 11 is 3.40. The molecule has 16 heavy (non-hydrogen) atoms. The Hall–Kier alpha value is -1.16. The molecule has 0 amide bonds. The number of hydrogen-bond acceptors (Lipinski definition) is 2. The van der Waals surface area contributed by atoms with Crippen molar-refractivity contribution in [2.24, 2.45) is 7.05 Å². The molecule has 0 atom stereocenters. The lowest BCUT2D eigenvalue weighted by Crippen LogP contribution is -1.94. The molecule has 3 nitrogen and oxygen atoms in total. The predicted molar refractivity (Wildman–Crippen MR) is 70.2 cm³/mol. The van der Waals surface area contributed by atoms with Crippen molar-refractivity contribution in [3.8, 4) is 11.4 Å². The van der Waals surface area contributed by atoms with Crippen molar-refractivity contribution in [3.63, 3.8) is 0 Å². The maximum Gasteiger partial charge on any atom is 0.163 e. The van der Waals surface area contributed by atoms with E-state index in [1.807, 2.05) is 56.7 Å². The van der Waals surface area contributed by atoms with Gasteiger partial charge in [0, 0.05) is 17.1 Å². The van der Waals surface area contributed by atoms with Crippen LogP contribution in [0.25, 0.3) is 11.4 Å². The summed E-state index contributed by atoms with van der Waals surface area (Å²) in [5, 5.41) is 8.13. The second-order valence-corrected chi connectivity index (χ2v) is 4.05. The fourth-order valence-electron chi connectivity index (χ4n) is 1.26. The fourth-order valence-corrected chi connectivity index (χ4v) is 1.52. The van der Waals surface area contributed by atoms with Gasteiger partial charge in [-0.1, -0.05) is 41.9 Å². The molecule has 2 rings (SSSR count). The largest absolute Gasteiger partial charge is 0.314 e. The molecule has 2 aromatic rings. The van der Waals surface area contributed by atoms with E-state index in [4.69, 9.17) is 0 Å². The lowest BCUT2D eigenvalue weighted by atomic mass is 10.2. The van der Waals surface area contributed by atoms with E-state index < -0.39 is 0 Å². The highest BCUT2D eigenvalue weighted by Crippen LogP contribution is 2.19. The van der Waals surface area contributed by atoms with Crippen LogP contribution in [0.2, 0.25) is 0 Å². The minimum absolute atomic E-state index is 0.898. The van der Waals surface area contributed by atoms with Gasteiger partial charge in [-0.2, -0.15) is 0 Å². The number of hydrogen-bond donors (Lipinski definition) is 0. The Morgan fingerprint density at radius 2 is 1.62 bits per heavy atom. The Bertz CT molecular complexity index is 446. The van der Waals surface area contributed by atoms with Crippen molar-refractivity contribution in [2.45, 2.75) is 20.8 Å². The van der Waals surface area contributed by atoms with Crippen molar-refractivity contribution >= 4 is 15.9 Å². The smallest absolute Gasteiger partial charge is 0.163 e. The highest BCUT2D eigenvalue weighted by atomic mass is 79.9. The van der Waals surface area contributed by atoms with Gasteiger partial charge in [0.05, 0.1) is 0 Å². The van der Waals surface area contributed by atoms with Crippen LogP contribution in [0.4, 0.5) is 0 Å². The van der Waals surface area contributed by atoms with Gasteiger partial charge in [0.2, 0.25) is 0 Å². The second kappa shape index (κ2) is 5.80. The summed E-state index contributed by atoms with van der Waals surface area (Å²) in [5.74, 6) is 1.82. The molecule has 0 saturated heterocycles. The first kappa shape index (κ1) is 12.9. The molecule has 0 aliphatic heterocycles. The molecule has 0 N–H and O–H groups in total. The molecule has 0 aliphatic rings. The van der Waals surface area contributed by atoms with Crippen LogP contribution in [0.5, 0.6) is 0 Å². The SMILES string of the molecule is CC.Cc1nnc(-c2ccc(Br)cc2)n1C. The molecule has 1 aromatic heterocycles. The maximum absolute atomic E-state index is 4.11. The Morgan fingerprint density at radius 3 is 2.06 bits per heavy atom. The molecule has 1 heterocycles. The van der Waals surface area contributed by atoms with Gasteiger partial charge in [-0.25, -0.2) is 0 Å². The van der Waals surface area contributed by atoms with Gasteiger partial charge >= 0.3 is 0 Å². The molecule has 0 fully saturated rings. The first-order valence-corrected chi connectivity index (χ1v) is 6.09. The molecule has 0 unspecified atom stereocenters. The first-order valence-electron chi connectivity index (χ1n) is 5.30. The van der Waals surface area contributed by atoms with Gasteiger partial charge < -0.3 is 4.57 Å². The zero-order valence-corrected chi connectivity index (χ0v) is 11.6. The van der Waals surface area contributed by atoms with E-state index in [-0.39, 0.29) is 0 Å². The van der Waals surface area contributed by atoms with Crippen LogP contribution in [0.15, 0.2) is 28.7 Å². The topological polar surface area (TPSA) is 30.7 Å². The normalized spacial score (nSPS) is 9.56. The van der Waals surface area contributed by atoms with E-state index in [1.165, 1.54) is 0 Å². The average molecular weight is 282 g/mol. The van der Waals surface area contributed by atoms with Gasteiger partial charge in [0.15, 0.2) is 5.82 Å². The van der Waals surface area contributed by atoms with Crippen molar-refractivity contribution in [2.75, 3.05) is 0 Å². The molecule has 0 bridgehead atoms. The molecule has 4 heteroatoms. The summed E-state index contributed by atoms with van der Waals surface area (Å²) in [4.78, 5) is 0. The van der Waals surface area contributed by atoms with Gasteiger partial charge in [0.1, 0.15) is 5.82 Å². The number of nitrogens with zero attached hydrogens (tertiary/aromatic N) is 3. The standard InChI is InChI=1S/C10H10BrN3.C2H6/c1-7-12-13-10(14(7)2)8-3-5-9(11)6-4-8;1-2/h3-6H,1-2H3;1-2H3. The van der Waals surface area contributed by atoms with Crippen LogP contribution in [0.1, 0.15) is 19.7 Å². The molecule has 1 aromatic carbocycles. The fraction of sp³-hybridized carbons (Fsp3) is 0.333. The second-order valence-electron chi connectivity index (χ2n) is 3.14. The molecule has 0 saturated carbocycles. The third-order valence-electron chi connectivity index (χ3n) is 2.19. The summed E-state index contributed by atoms with van der Waals surface area (Å²) in [6.45, 7) is 5.94. The zero-order valence-electron chi connectivity index (χ0n) is 10.0. The summed E-state index contributed by atoms with van der Waals surface area (Å²) in [6, 6.07) is 8.04. The Morgan fingerprint density at radius 1 is 1.06 bits per heavy atom. The monoisotopic (exact) mass is 281 g/mol. The van der Waals surface area contributed by atoms with Crippen LogP contribution >= 0.6 is 15.9 Å². The lowest BCUT2D eigenvalue weighted by molar-refractivity contribution is 0.865. The Balaban J connectivity index is 0.000000606. The lowest BCUT2D eigenvalue weighted by Gasteiger charge is -2.01. The van der Waals surface area contributed by atoms with E-state index in [2.05, 4.69) is 26.1 Å². The maximum atomic E-state index is 4.11. The van der Waals surface area contributed by atoms with Crippen molar-refractivity contribution in [1.29, 1.82) is 0 Å². The van der Waals surface area contributed by atoms with Crippen LogP contribution in [0.3, 0.4) is 0 Å². The summed E-state index contributed by atoms with van der Waals surface area (Å²) in [5.41, 5.74) is 1.08. The minimum Gasteiger partial charge on any atom is -0.314 e. The van der Waals surface area contributed by atoms with Crippen LogP contribution in [-0.2, 0) is 7.05 Å². The van der Waals surface area contributed by atoms with E-state index in [0.29, 0.717) is 0 Å². The number of aromatic nitrogens is 3. The highest BCUT2D eigenvalue weighted by Gasteiger charge is 2.06. The zero-order chi connectivity index (χ0) is 12.1. The van der Waals surface area contributed by atoms with E-state index in [9.17, 15) is 0 Å². The third kappa shape index (κ3) is 2.70. The summed E-state index contributed by atoms with van der Waals surface area (Å²) in [6.07, 6.45) is 0. The molecular weight excluding hydrogens is 266 g/mol.